The Labute approximate surface area is 142 Å². The summed E-state index contributed by atoms with van der Waals surface area (Å²) in [5.41, 5.74) is 6.45. The molecule has 1 atom stereocenters. The summed E-state index contributed by atoms with van der Waals surface area (Å²) in [6, 6.07) is 9.97. The second kappa shape index (κ2) is 7.66. The summed E-state index contributed by atoms with van der Waals surface area (Å²) in [5.74, 6) is -0.0481. The van der Waals surface area contributed by atoms with E-state index in [1.807, 2.05) is 35.2 Å². The average Bonchev–Trinajstić information content (AvgIpc) is 3.45. The van der Waals surface area contributed by atoms with E-state index in [4.69, 9.17) is 10.5 Å². The normalized spacial score (nSPS) is 20.5. The first-order valence-corrected chi connectivity index (χ1v) is 8.66. The smallest absolute Gasteiger partial charge is 0.410 e. The highest BCUT2D eigenvalue weighted by Gasteiger charge is 2.40. The molecule has 0 unspecified atom stereocenters. The molecule has 0 aromatic heterocycles. The second-order valence-electron chi connectivity index (χ2n) is 6.52. The van der Waals surface area contributed by atoms with Crippen molar-refractivity contribution >= 4 is 12.0 Å². The van der Waals surface area contributed by atoms with Crippen LogP contribution in [-0.4, -0.2) is 53.5 Å². The van der Waals surface area contributed by atoms with Crippen molar-refractivity contribution in [1.29, 1.82) is 0 Å². The minimum atomic E-state index is -0.270. The number of nitrogens with two attached hydrogens (primary N) is 1. The molecular weight excluding hydrogens is 306 g/mol. The second-order valence-corrected chi connectivity index (χ2v) is 6.52. The minimum absolute atomic E-state index is 0.0224. The summed E-state index contributed by atoms with van der Waals surface area (Å²) in [5, 5.41) is 0. The van der Waals surface area contributed by atoms with Gasteiger partial charge in [-0.25, -0.2) is 4.79 Å². The molecule has 2 fully saturated rings. The molecule has 0 radical (unpaired) electrons. The van der Waals surface area contributed by atoms with Crippen LogP contribution in [0.3, 0.4) is 0 Å². The number of nitrogens with zero attached hydrogens (tertiary/aromatic N) is 2. The number of rotatable bonds is 5. The summed E-state index contributed by atoms with van der Waals surface area (Å²) in [4.78, 5) is 28.1. The van der Waals surface area contributed by atoms with Gasteiger partial charge in [0.05, 0.1) is 12.6 Å². The summed E-state index contributed by atoms with van der Waals surface area (Å²) in [6.07, 6.45) is 3.56. The number of hydrogen-bond donors (Lipinski definition) is 1. The van der Waals surface area contributed by atoms with Gasteiger partial charge in [0.15, 0.2) is 0 Å². The van der Waals surface area contributed by atoms with Gasteiger partial charge in [0.25, 0.3) is 0 Å². The van der Waals surface area contributed by atoms with Gasteiger partial charge in [-0.1, -0.05) is 30.3 Å². The Morgan fingerprint density at radius 3 is 2.58 bits per heavy atom. The minimum Gasteiger partial charge on any atom is -0.445 e. The molecule has 24 heavy (non-hydrogen) atoms. The predicted molar refractivity (Wildman–Crippen MR) is 90.1 cm³/mol. The maximum atomic E-state index is 12.6. The number of benzene rings is 1. The molecule has 2 amide bonds. The number of piperidine rings is 1. The van der Waals surface area contributed by atoms with E-state index in [2.05, 4.69) is 0 Å². The zero-order chi connectivity index (χ0) is 16.9. The van der Waals surface area contributed by atoms with Crippen LogP contribution >= 0.6 is 0 Å². The zero-order valence-corrected chi connectivity index (χ0v) is 13.9. The van der Waals surface area contributed by atoms with Gasteiger partial charge >= 0.3 is 6.09 Å². The van der Waals surface area contributed by atoms with E-state index in [0.717, 1.165) is 37.8 Å². The Kier molecular flexibility index (Phi) is 5.35. The van der Waals surface area contributed by atoms with Crippen molar-refractivity contribution in [2.75, 3.05) is 19.6 Å². The largest absolute Gasteiger partial charge is 0.445 e. The van der Waals surface area contributed by atoms with Crippen molar-refractivity contribution in [3.8, 4) is 0 Å². The molecule has 1 saturated heterocycles. The van der Waals surface area contributed by atoms with Crippen molar-refractivity contribution in [2.45, 2.75) is 44.4 Å². The van der Waals surface area contributed by atoms with Crippen LogP contribution in [0.2, 0.25) is 0 Å². The topological polar surface area (TPSA) is 75.9 Å². The molecule has 0 spiro atoms. The lowest BCUT2D eigenvalue weighted by atomic mass is 10.0. The lowest BCUT2D eigenvalue weighted by molar-refractivity contribution is -0.131. The molecule has 1 aromatic rings. The number of amides is 2. The number of carbonyl (C=O) groups is 2. The maximum absolute atomic E-state index is 12.6. The molecule has 6 nitrogen and oxygen atoms in total. The van der Waals surface area contributed by atoms with E-state index < -0.39 is 0 Å². The Morgan fingerprint density at radius 2 is 1.92 bits per heavy atom. The van der Waals surface area contributed by atoms with Crippen LogP contribution in [0.25, 0.3) is 0 Å². The van der Waals surface area contributed by atoms with Crippen LogP contribution in [0.5, 0.6) is 0 Å². The molecule has 2 aliphatic rings. The fourth-order valence-corrected chi connectivity index (χ4v) is 3.28. The van der Waals surface area contributed by atoms with Crippen LogP contribution in [-0.2, 0) is 16.1 Å². The van der Waals surface area contributed by atoms with E-state index in [-0.39, 0.29) is 37.2 Å². The number of carbonyl (C=O) groups excluding carboxylic acids is 2. The van der Waals surface area contributed by atoms with Gasteiger partial charge in [-0.2, -0.15) is 0 Å². The monoisotopic (exact) mass is 331 g/mol. The first-order chi connectivity index (χ1) is 11.7. The molecule has 1 saturated carbocycles. The van der Waals surface area contributed by atoms with Crippen LogP contribution in [0.15, 0.2) is 30.3 Å². The average molecular weight is 331 g/mol. The van der Waals surface area contributed by atoms with Crippen molar-refractivity contribution in [3.63, 3.8) is 0 Å². The van der Waals surface area contributed by atoms with Crippen molar-refractivity contribution < 1.29 is 14.3 Å². The molecule has 1 aliphatic carbocycles. The lowest BCUT2D eigenvalue weighted by Gasteiger charge is -2.39. The van der Waals surface area contributed by atoms with Crippen LogP contribution in [0.1, 0.15) is 31.2 Å². The predicted octanol–water partition coefficient (Wildman–Crippen LogP) is 1.74. The molecule has 0 bridgehead atoms. The van der Waals surface area contributed by atoms with Crippen molar-refractivity contribution in [2.24, 2.45) is 5.73 Å². The van der Waals surface area contributed by atoms with E-state index in [0.29, 0.717) is 6.54 Å². The van der Waals surface area contributed by atoms with Crippen LogP contribution in [0.4, 0.5) is 4.79 Å². The zero-order valence-electron chi connectivity index (χ0n) is 13.9. The fourth-order valence-electron chi connectivity index (χ4n) is 3.28. The van der Waals surface area contributed by atoms with E-state index in [9.17, 15) is 9.59 Å². The highest BCUT2D eigenvalue weighted by Crippen LogP contribution is 2.32. The molecule has 6 heteroatoms. The van der Waals surface area contributed by atoms with Gasteiger partial charge in [-0.05, 0) is 31.2 Å². The fraction of sp³-hybridized carbons (Fsp3) is 0.556. The molecular formula is C18H25N3O3. The van der Waals surface area contributed by atoms with Gasteiger partial charge in [-0.15, -0.1) is 0 Å². The Hall–Kier alpha value is -2.08. The number of ether oxygens (including phenoxy) is 1. The van der Waals surface area contributed by atoms with Gasteiger partial charge < -0.3 is 20.3 Å². The molecule has 1 aliphatic heterocycles. The quantitative estimate of drug-likeness (QED) is 0.892. The molecule has 3 rings (SSSR count). The van der Waals surface area contributed by atoms with E-state index in [1.165, 1.54) is 0 Å². The summed E-state index contributed by atoms with van der Waals surface area (Å²) < 4.78 is 5.53. The van der Waals surface area contributed by atoms with Crippen LogP contribution in [0, 0.1) is 0 Å². The Balaban J connectivity index is 1.61. The third kappa shape index (κ3) is 4.06. The SMILES string of the molecule is NCC(=O)N1CCC[C@H](N(C(=O)OCc2ccccc2)C2CC2)C1. The third-order valence-electron chi connectivity index (χ3n) is 4.67. The summed E-state index contributed by atoms with van der Waals surface area (Å²) >= 11 is 0. The van der Waals surface area contributed by atoms with Gasteiger partial charge in [-0.3, -0.25) is 4.79 Å². The summed E-state index contributed by atoms with van der Waals surface area (Å²) in [6.45, 7) is 1.59. The third-order valence-corrected chi connectivity index (χ3v) is 4.67. The summed E-state index contributed by atoms with van der Waals surface area (Å²) in [7, 11) is 0. The molecule has 1 aromatic carbocycles. The van der Waals surface area contributed by atoms with E-state index >= 15 is 0 Å². The first kappa shape index (κ1) is 16.8. The highest BCUT2D eigenvalue weighted by atomic mass is 16.6. The molecule has 130 valence electrons. The van der Waals surface area contributed by atoms with Crippen molar-refractivity contribution in [3.05, 3.63) is 35.9 Å². The van der Waals surface area contributed by atoms with Gasteiger partial charge in [0.2, 0.25) is 5.91 Å². The Bertz CT molecular complexity index is 574. The van der Waals surface area contributed by atoms with Gasteiger partial charge in [0, 0.05) is 19.1 Å². The number of likely N-dealkylation sites (tertiary alicyclic amines) is 1. The highest BCUT2D eigenvalue weighted by molar-refractivity contribution is 5.78. The lowest BCUT2D eigenvalue weighted by Crippen LogP contribution is -2.53. The standard InChI is InChI=1S/C18H25N3O3/c19-11-17(22)20-10-4-7-16(12-20)21(15-8-9-15)18(23)24-13-14-5-2-1-3-6-14/h1-3,5-6,15-16H,4,7-13,19H2/t16-/m0/s1. The molecule has 1 heterocycles. The molecule has 2 N–H and O–H groups in total. The number of hydrogen-bond acceptors (Lipinski definition) is 4. The van der Waals surface area contributed by atoms with Crippen LogP contribution < -0.4 is 5.73 Å². The Morgan fingerprint density at radius 1 is 1.17 bits per heavy atom. The first-order valence-electron chi connectivity index (χ1n) is 8.66. The van der Waals surface area contributed by atoms with Crippen molar-refractivity contribution in [1.82, 2.24) is 9.80 Å². The maximum Gasteiger partial charge on any atom is 0.410 e. The van der Waals surface area contributed by atoms with E-state index in [1.54, 1.807) is 4.90 Å². The van der Waals surface area contributed by atoms with Gasteiger partial charge in [0.1, 0.15) is 6.61 Å².